The van der Waals surface area contributed by atoms with Gasteiger partial charge in [0.1, 0.15) is 5.84 Å². The van der Waals surface area contributed by atoms with Gasteiger partial charge >= 0.3 is 0 Å². The van der Waals surface area contributed by atoms with E-state index in [-0.39, 0.29) is 5.84 Å². The zero-order chi connectivity index (χ0) is 10.6. The lowest BCUT2D eigenvalue weighted by Crippen LogP contribution is -2.05. The highest BCUT2D eigenvalue weighted by atomic mass is 19.2. The van der Waals surface area contributed by atoms with Crippen molar-refractivity contribution in [2.24, 2.45) is 5.73 Å². The summed E-state index contributed by atoms with van der Waals surface area (Å²) in [4.78, 5) is 0. The van der Waals surface area contributed by atoms with Crippen molar-refractivity contribution in [3.8, 4) is 0 Å². The van der Waals surface area contributed by atoms with Gasteiger partial charge in [0.05, 0.1) is 0 Å². The molecule has 0 aliphatic carbocycles. The van der Waals surface area contributed by atoms with Gasteiger partial charge in [-0.15, -0.1) is 0 Å². The highest BCUT2D eigenvalue weighted by Crippen LogP contribution is 2.12. The van der Waals surface area contributed by atoms with Gasteiger partial charge in [-0.25, -0.2) is 8.78 Å². The molecule has 1 rings (SSSR count). The van der Waals surface area contributed by atoms with Crippen molar-refractivity contribution in [1.29, 1.82) is 5.41 Å². The van der Waals surface area contributed by atoms with E-state index in [9.17, 15) is 8.78 Å². The smallest absolute Gasteiger partial charge is 0.160 e. The van der Waals surface area contributed by atoms with E-state index < -0.39 is 11.6 Å². The summed E-state index contributed by atoms with van der Waals surface area (Å²) >= 11 is 0. The highest BCUT2D eigenvalue weighted by Gasteiger charge is 2.00. The SMILES string of the molecule is N=C(N)/C=C\Nc1ccc(F)c(F)c1. The van der Waals surface area contributed by atoms with Crippen molar-refractivity contribution in [2.75, 3.05) is 5.32 Å². The van der Waals surface area contributed by atoms with E-state index in [4.69, 9.17) is 11.1 Å². The van der Waals surface area contributed by atoms with E-state index >= 15 is 0 Å². The lowest BCUT2D eigenvalue weighted by Gasteiger charge is -2.00. The second-order valence-electron chi connectivity index (χ2n) is 2.56. The average Bonchev–Trinajstić information content (AvgIpc) is 2.10. The predicted molar refractivity (Wildman–Crippen MR) is 51.0 cm³/mol. The van der Waals surface area contributed by atoms with Gasteiger partial charge in [0.25, 0.3) is 0 Å². The summed E-state index contributed by atoms with van der Waals surface area (Å²) < 4.78 is 25.1. The first-order valence-electron chi connectivity index (χ1n) is 3.82. The number of nitrogens with two attached hydrogens (primary N) is 1. The molecule has 0 radical (unpaired) electrons. The number of hydrogen-bond acceptors (Lipinski definition) is 2. The van der Waals surface area contributed by atoms with Gasteiger partial charge in [0.2, 0.25) is 0 Å². The average molecular weight is 197 g/mol. The molecule has 0 spiro atoms. The van der Waals surface area contributed by atoms with Crippen LogP contribution in [0.3, 0.4) is 0 Å². The van der Waals surface area contributed by atoms with Gasteiger partial charge in [-0.2, -0.15) is 0 Å². The third-order valence-corrected chi connectivity index (χ3v) is 1.43. The van der Waals surface area contributed by atoms with E-state index in [2.05, 4.69) is 5.32 Å². The minimum atomic E-state index is -0.925. The number of halogens is 2. The van der Waals surface area contributed by atoms with Gasteiger partial charge in [-0.05, 0) is 18.2 Å². The Morgan fingerprint density at radius 1 is 1.36 bits per heavy atom. The maximum Gasteiger partial charge on any atom is 0.160 e. The fourth-order valence-electron chi connectivity index (χ4n) is 0.814. The Hall–Kier alpha value is -1.91. The third-order valence-electron chi connectivity index (χ3n) is 1.43. The molecular formula is C9H9F2N3. The molecule has 0 unspecified atom stereocenters. The molecule has 0 aliphatic rings. The summed E-state index contributed by atoms with van der Waals surface area (Å²) in [6, 6.07) is 3.40. The molecule has 0 atom stereocenters. The molecule has 0 saturated heterocycles. The van der Waals surface area contributed by atoms with Crippen LogP contribution in [0, 0.1) is 17.0 Å². The third kappa shape index (κ3) is 2.85. The van der Waals surface area contributed by atoms with Crippen molar-refractivity contribution in [2.45, 2.75) is 0 Å². The second kappa shape index (κ2) is 4.36. The minimum Gasteiger partial charge on any atom is -0.384 e. The summed E-state index contributed by atoms with van der Waals surface area (Å²) in [6.07, 6.45) is 2.66. The van der Waals surface area contributed by atoms with Crippen LogP contribution in [0.4, 0.5) is 14.5 Å². The van der Waals surface area contributed by atoms with E-state index in [0.717, 1.165) is 12.1 Å². The maximum absolute atomic E-state index is 12.7. The molecule has 0 amide bonds. The van der Waals surface area contributed by atoms with Crippen molar-refractivity contribution >= 4 is 11.5 Å². The van der Waals surface area contributed by atoms with Crippen LogP contribution in [0.1, 0.15) is 0 Å². The standard InChI is InChI=1S/C9H9F2N3/c10-7-2-1-6(5-8(7)11)14-4-3-9(12)13/h1-5,14H,(H3,12,13)/b4-3-. The van der Waals surface area contributed by atoms with Gasteiger partial charge in [0.15, 0.2) is 11.6 Å². The summed E-state index contributed by atoms with van der Waals surface area (Å²) in [5, 5.41) is 9.49. The Morgan fingerprint density at radius 3 is 2.64 bits per heavy atom. The van der Waals surface area contributed by atoms with Gasteiger partial charge in [0, 0.05) is 18.0 Å². The molecule has 74 valence electrons. The molecule has 0 bridgehead atoms. The summed E-state index contributed by atoms with van der Waals surface area (Å²) in [6.45, 7) is 0. The molecule has 0 saturated carbocycles. The quantitative estimate of drug-likeness (QED) is 0.511. The number of anilines is 1. The topological polar surface area (TPSA) is 61.9 Å². The van der Waals surface area contributed by atoms with Crippen LogP contribution in [0.2, 0.25) is 0 Å². The maximum atomic E-state index is 12.7. The lowest BCUT2D eigenvalue weighted by atomic mass is 10.3. The Bertz CT molecular complexity index is 374. The normalized spacial score (nSPS) is 10.4. The first-order chi connectivity index (χ1) is 6.59. The van der Waals surface area contributed by atoms with Crippen molar-refractivity contribution in [3.05, 3.63) is 42.1 Å². The van der Waals surface area contributed by atoms with Crippen LogP contribution in [-0.4, -0.2) is 5.84 Å². The fraction of sp³-hybridized carbons (Fsp3) is 0. The molecule has 0 aliphatic heterocycles. The number of nitrogens with one attached hydrogen (secondary N) is 2. The summed E-state index contributed by atoms with van der Waals surface area (Å²) in [5.41, 5.74) is 5.42. The zero-order valence-corrected chi connectivity index (χ0v) is 7.22. The Balaban J connectivity index is 2.69. The zero-order valence-electron chi connectivity index (χ0n) is 7.22. The van der Waals surface area contributed by atoms with Gasteiger partial charge in [-0.1, -0.05) is 0 Å². The largest absolute Gasteiger partial charge is 0.384 e. The van der Waals surface area contributed by atoms with Gasteiger partial charge < -0.3 is 11.1 Å². The molecule has 0 aromatic heterocycles. The van der Waals surface area contributed by atoms with Crippen LogP contribution in [0.25, 0.3) is 0 Å². The van der Waals surface area contributed by atoms with Crippen molar-refractivity contribution in [3.63, 3.8) is 0 Å². The monoisotopic (exact) mass is 197 g/mol. The van der Waals surface area contributed by atoms with Crippen LogP contribution in [-0.2, 0) is 0 Å². The molecule has 1 aromatic rings. The van der Waals surface area contributed by atoms with Crippen LogP contribution >= 0.6 is 0 Å². The Kier molecular flexibility index (Phi) is 3.17. The van der Waals surface area contributed by atoms with Crippen molar-refractivity contribution < 1.29 is 8.78 Å². The molecule has 5 heteroatoms. The molecular weight excluding hydrogens is 188 g/mol. The molecule has 14 heavy (non-hydrogen) atoms. The van der Waals surface area contributed by atoms with Crippen molar-refractivity contribution in [1.82, 2.24) is 0 Å². The summed E-state index contributed by atoms with van der Waals surface area (Å²) in [5.74, 6) is -1.95. The van der Waals surface area contributed by atoms with Crippen LogP contribution < -0.4 is 11.1 Å². The Labute approximate surface area is 79.7 Å². The molecule has 1 aromatic carbocycles. The lowest BCUT2D eigenvalue weighted by molar-refractivity contribution is 0.509. The number of rotatable bonds is 3. The van der Waals surface area contributed by atoms with E-state index in [1.807, 2.05) is 0 Å². The predicted octanol–water partition coefficient (Wildman–Crippen LogP) is 1.83. The van der Waals surface area contributed by atoms with Crippen LogP contribution in [0.5, 0.6) is 0 Å². The number of benzene rings is 1. The molecule has 0 heterocycles. The van der Waals surface area contributed by atoms with E-state index in [1.165, 1.54) is 18.3 Å². The minimum absolute atomic E-state index is 0.125. The highest BCUT2D eigenvalue weighted by molar-refractivity contribution is 5.88. The van der Waals surface area contributed by atoms with E-state index in [1.54, 1.807) is 0 Å². The fourth-order valence-corrected chi connectivity index (χ4v) is 0.814. The van der Waals surface area contributed by atoms with Crippen LogP contribution in [0.15, 0.2) is 30.5 Å². The number of amidine groups is 1. The van der Waals surface area contributed by atoms with Gasteiger partial charge in [-0.3, -0.25) is 5.41 Å². The Morgan fingerprint density at radius 2 is 2.07 bits per heavy atom. The number of hydrogen-bond donors (Lipinski definition) is 3. The second-order valence-corrected chi connectivity index (χ2v) is 2.56. The first kappa shape index (κ1) is 10.2. The molecule has 0 fully saturated rings. The molecule has 4 N–H and O–H groups in total. The van der Waals surface area contributed by atoms with E-state index in [0.29, 0.717) is 5.69 Å². The molecule has 3 nitrogen and oxygen atoms in total. The summed E-state index contributed by atoms with van der Waals surface area (Å²) in [7, 11) is 0. The first-order valence-corrected chi connectivity index (χ1v) is 3.82.